The lowest BCUT2D eigenvalue weighted by Gasteiger charge is -2.17. The Hall–Kier alpha value is -1.92. The number of carbonyl (C=O) groups excluding carboxylic acids is 1. The molecule has 20 heavy (non-hydrogen) atoms. The van der Waals surface area contributed by atoms with E-state index in [1.165, 1.54) is 6.33 Å². The molecule has 0 aliphatic carbocycles. The molecule has 1 amide bonds. The molecule has 0 bridgehead atoms. The Bertz CT molecular complexity index is 648. The maximum absolute atomic E-state index is 11.7. The molecule has 0 radical (unpaired) electrons. The predicted molar refractivity (Wildman–Crippen MR) is 79.2 cm³/mol. The van der Waals surface area contributed by atoms with Crippen molar-refractivity contribution in [2.75, 3.05) is 12.3 Å². The van der Waals surface area contributed by atoms with Crippen molar-refractivity contribution in [2.24, 2.45) is 11.7 Å². The van der Waals surface area contributed by atoms with E-state index in [0.717, 1.165) is 22.9 Å². The van der Waals surface area contributed by atoms with Gasteiger partial charge in [0, 0.05) is 18.0 Å². The number of amides is 1. The van der Waals surface area contributed by atoms with Gasteiger partial charge in [-0.15, -0.1) is 12.4 Å². The summed E-state index contributed by atoms with van der Waals surface area (Å²) in [5, 5.41) is 3.60. The van der Waals surface area contributed by atoms with Crippen LogP contribution in [0.3, 0.4) is 0 Å². The first-order chi connectivity index (χ1) is 9.16. The number of hydrogen-bond donors (Lipinski definition) is 3. The normalized spacial score (nSPS) is 19.4. The number of aromatic nitrogens is 2. The van der Waals surface area contributed by atoms with Crippen molar-refractivity contribution in [2.45, 2.75) is 12.5 Å². The summed E-state index contributed by atoms with van der Waals surface area (Å²) in [5.41, 5.74) is 13.6. The second-order valence-corrected chi connectivity index (χ2v) is 4.75. The van der Waals surface area contributed by atoms with E-state index >= 15 is 0 Å². The van der Waals surface area contributed by atoms with Gasteiger partial charge >= 0.3 is 0 Å². The predicted octanol–water partition coefficient (Wildman–Crippen LogP) is 0.770. The van der Waals surface area contributed by atoms with Crippen LogP contribution in [0.2, 0.25) is 0 Å². The Balaban J connectivity index is 0.00000147. The zero-order chi connectivity index (χ0) is 13.4. The lowest BCUT2D eigenvalue weighted by molar-refractivity contribution is -0.123. The monoisotopic (exact) mass is 293 g/mol. The van der Waals surface area contributed by atoms with Crippen LogP contribution in [0.1, 0.15) is 18.0 Å². The molecule has 1 fully saturated rings. The lowest BCUT2D eigenvalue weighted by atomic mass is 9.92. The van der Waals surface area contributed by atoms with Gasteiger partial charge in [0.05, 0.1) is 11.4 Å². The zero-order valence-corrected chi connectivity index (χ0v) is 11.6. The van der Waals surface area contributed by atoms with Crippen LogP contribution in [-0.2, 0) is 4.79 Å². The quantitative estimate of drug-likeness (QED) is 0.758. The summed E-state index contributed by atoms with van der Waals surface area (Å²) in [4.78, 5) is 19.8. The first-order valence-electron chi connectivity index (χ1n) is 6.20. The molecule has 5 N–H and O–H groups in total. The number of nitrogens with zero attached hydrogens (tertiary/aromatic N) is 2. The largest absolute Gasteiger partial charge is 0.383 e. The van der Waals surface area contributed by atoms with Gasteiger partial charge < -0.3 is 16.8 Å². The summed E-state index contributed by atoms with van der Waals surface area (Å²) in [6.45, 7) is 0.694. The fraction of sp³-hybridized carbons (Fsp3) is 0.308. The topological polar surface area (TPSA) is 107 Å². The van der Waals surface area contributed by atoms with E-state index in [1.54, 1.807) is 0 Å². The van der Waals surface area contributed by atoms with Crippen LogP contribution in [0.5, 0.6) is 0 Å². The van der Waals surface area contributed by atoms with E-state index in [9.17, 15) is 4.79 Å². The standard InChI is InChI=1S/C13H15N5O.ClH/c14-11(9-3-4-16-13(9)19)7-1-2-8-10(5-7)17-6-18-12(8)15;/h1-2,5-6,9,11H,3-4,14H2,(H,16,19)(H2,15,17,18);1H. The van der Waals surface area contributed by atoms with Gasteiger partial charge in [0.2, 0.25) is 5.91 Å². The molecule has 1 aromatic carbocycles. The van der Waals surface area contributed by atoms with Gasteiger partial charge in [-0.2, -0.15) is 0 Å². The molecule has 6 nitrogen and oxygen atoms in total. The van der Waals surface area contributed by atoms with Gasteiger partial charge in [-0.25, -0.2) is 9.97 Å². The molecular formula is C13H16ClN5O. The van der Waals surface area contributed by atoms with Gasteiger partial charge in [0.1, 0.15) is 12.1 Å². The van der Waals surface area contributed by atoms with Crippen molar-refractivity contribution in [1.29, 1.82) is 0 Å². The molecule has 1 aromatic heterocycles. The zero-order valence-electron chi connectivity index (χ0n) is 10.7. The van der Waals surface area contributed by atoms with Crippen LogP contribution in [0.15, 0.2) is 24.5 Å². The third-order valence-electron chi connectivity index (χ3n) is 3.60. The number of nitrogens with one attached hydrogen (secondary N) is 1. The Labute approximate surface area is 122 Å². The molecule has 0 saturated carbocycles. The maximum atomic E-state index is 11.7. The Morgan fingerprint density at radius 3 is 2.85 bits per heavy atom. The number of anilines is 1. The van der Waals surface area contributed by atoms with Crippen LogP contribution < -0.4 is 16.8 Å². The van der Waals surface area contributed by atoms with E-state index in [1.807, 2.05) is 18.2 Å². The molecule has 2 heterocycles. The van der Waals surface area contributed by atoms with E-state index in [2.05, 4.69) is 15.3 Å². The van der Waals surface area contributed by atoms with Gasteiger partial charge in [0.25, 0.3) is 0 Å². The van der Waals surface area contributed by atoms with Crippen molar-refractivity contribution in [1.82, 2.24) is 15.3 Å². The van der Waals surface area contributed by atoms with Crippen molar-refractivity contribution in [3.8, 4) is 0 Å². The number of fused-ring (bicyclic) bond motifs is 1. The lowest BCUT2D eigenvalue weighted by Crippen LogP contribution is -2.28. The molecule has 106 valence electrons. The van der Waals surface area contributed by atoms with Gasteiger partial charge in [-0.05, 0) is 24.1 Å². The SMILES string of the molecule is Cl.Nc1ncnc2cc(C(N)C3CCNC3=O)ccc12. The van der Waals surface area contributed by atoms with Crippen molar-refractivity contribution in [3.63, 3.8) is 0 Å². The summed E-state index contributed by atoms with van der Waals surface area (Å²) in [7, 11) is 0. The molecule has 2 aromatic rings. The molecule has 3 rings (SSSR count). The van der Waals surface area contributed by atoms with Gasteiger partial charge in [0.15, 0.2) is 0 Å². The van der Waals surface area contributed by atoms with E-state index in [0.29, 0.717) is 12.4 Å². The number of hydrogen-bond acceptors (Lipinski definition) is 5. The molecule has 2 atom stereocenters. The summed E-state index contributed by atoms with van der Waals surface area (Å²) in [5.74, 6) is 0.301. The number of carbonyl (C=O) groups is 1. The smallest absolute Gasteiger partial charge is 0.225 e. The molecule has 2 unspecified atom stereocenters. The maximum Gasteiger partial charge on any atom is 0.225 e. The second-order valence-electron chi connectivity index (χ2n) is 4.75. The summed E-state index contributed by atoms with van der Waals surface area (Å²) < 4.78 is 0. The summed E-state index contributed by atoms with van der Waals surface area (Å²) in [6.07, 6.45) is 2.19. The van der Waals surface area contributed by atoms with Crippen LogP contribution in [-0.4, -0.2) is 22.4 Å². The van der Waals surface area contributed by atoms with Crippen LogP contribution in [0, 0.1) is 5.92 Å². The first kappa shape index (κ1) is 14.5. The average molecular weight is 294 g/mol. The highest BCUT2D eigenvalue weighted by molar-refractivity contribution is 5.88. The number of nitrogen functional groups attached to an aromatic ring is 1. The first-order valence-corrected chi connectivity index (χ1v) is 6.20. The van der Waals surface area contributed by atoms with Crippen molar-refractivity contribution >= 4 is 35.0 Å². The number of rotatable bonds is 2. The Morgan fingerprint density at radius 1 is 1.35 bits per heavy atom. The van der Waals surface area contributed by atoms with E-state index < -0.39 is 0 Å². The van der Waals surface area contributed by atoms with E-state index in [4.69, 9.17) is 11.5 Å². The van der Waals surface area contributed by atoms with Crippen LogP contribution >= 0.6 is 12.4 Å². The average Bonchev–Trinajstić information content (AvgIpc) is 2.84. The summed E-state index contributed by atoms with van der Waals surface area (Å²) >= 11 is 0. The molecule has 0 spiro atoms. The van der Waals surface area contributed by atoms with E-state index in [-0.39, 0.29) is 30.3 Å². The minimum atomic E-state index is -0.317. The van der Waals surface area contributed by atoms with Crippen molar-refractivity contribution in [3.05, 3.63) is 30.1 Å². The highest BCUT2D eigenvalue weighted by Crippen LogP contribution is 2.28. The molecule has 1 aliphatic rings. The van der Waals surface area contributed by atoms with Crippen molar-refractivity contribution < 1.29 is 4.79 Å². The van der Waals surface area contributed by atoms with Crippen LogP contribution in [0.25, 0.3) is 10.9 Å². The fourth-order valence-electron chi connectivity index (χ4n) is 2.49. The minimum Gasteiger partial charge on any atom is -0.383 e. The molecule has 1 aliphatic heterocycles. The van der Waals surface area contributed by atoms with Gasteiger partial charge in [-0.3, -0.25) is 4.79 Å². The highest BCUT2D eigenvalue weighted by Gasteiger charge is 2.30. The highest BCUT2D eigenvalue weighted by atomic mass is 35.5. The summed E-state index contributed by atoms with van der Waals surface area (Å²) in [6, 6.07) is 5.30. The molecule has 7 heteroatoms. The third kappa shape index (κ3) is 2.39. The molecular weight excluding hydrogens is 278 g/mol. The Morgan fingerprint density at radius 2 is 2.15 bits per heavy atom. The minimum absolute atomic E-state index is 0. The van der Waals surface area contributed by atoms with Gasteiger partial charge in [-0.1, -0.05) is 6.07 Å². The molecule has 1 saturated heterocycles. The number of nitrogens with two attached hydrogens (primary N) is 2. The third-order valence-corrected chi connectivity index (χ3v) is 3.60. The van der Waals surface area contributed by atoms with Crippen LogP contribution in [0.4, 0.5) is 5.82 Å². The Kier molecular flexibility index (Phi) is 4.06. The number of benzene rings is 1. The second kappa shape index (κ2) is 5.60. The number of halogens is 1. The fourth-order valence-corrected chi connectivity index (χ4v) is 2.49.